The van der Waals surface area contributed by atoms with E-state index < -0.39 is 0 Å². The molecule has 0 aliphatic heterocycles. The first-order valence-electron chi connectivity index (χ1n) is 7.57. The predicted octanol–water partition coefficient (Wildman–Crippen LogP) is 4.51. The maximum Gasteiger partial charge on any atom is 0.220 e. The van der Waals surface area contributed by atoms with Crippen LogP contribution in [-0.4, -0.2) is 18.3 Å². The number of amides is 1. The summed E-state index contributed by atoms with van der Waals surface area (Å²) >= 11 is 5.72. The van der Waals surface area contributed by atoms with Crippen molar-refractivity contribution in [3.05, 3.63) is 0 Å². The average molecular weight is 276 g/mol. The maximum absolute atomic E-state index is 11.6. The first kappa shape index (κ1) is 17.8. The van der Waals surface area contributed by atoms with Gasteiger partial charge in [0.1, 0.15) is 0 Å². The van der Waals surface area contributed by atoms with Gasteiger partial charge in [-0.05, 0) is 18.8 Å². The Morgan fingerprint density at radius 3 is 2.39 bits per heavy atom. The first-order chi connectivity index (χ1) is 8.74. The van der Waals surface area contributed by atoms with Gasteiger partial charge in [0.25, 0.3) is 0 Å². The Morgan fingerprint density at radius 2 is 1.78 bits per heavy atom. The van der Waals surface area contributed by atoms with Gasteiger partial charge in [-0.15, -0.1) is 11.6 Å². The third-order valence-electron chi connectivity index (χ3n) is 3.44. The van der Waals surface area contributed by atoms with E-state index in [0.29, 0.717) is 18.2 Å². The molecule has 1 amide bonds. The molecule has 2 nitrogen and oxygen atoms in total. The zero-order valence-electron chi connectivity index (χ0n) is 12.1. The largest absolute Gasteiger partial charge is 0.356 e. The molecule has 0 spiro atoms. The van der Waals surface area contributed by atoms with Crippen LogP contribution in [0.15, 0.2) is 0 Å². The molecule has 0 aliphatic carbocycles. The molecule has 0 aliphatic rings. The van der Waals surface area contributed by atoms with Gasteiger partial charge in [-0.1, -0.05) is 52.4 Å². The van der Waals surface area contributed by atoms with Crippen LogP contribution in [0, 0.1) is 5.92 Å². The van der Waals surface area contributed by atoms with E-state index in [9.17, 15) is 4.79 Å². The standard InChI is InChI=1S/C15H30ClNO/c1-3-5-6-7-8-9-10-15(18)17-13-14(4-2)11-12-16/h14H,3-13H2,1-2H3,(H,17,18). The molecule has 0 aromatic heterocycles. The summed E-state index contributed by atoms with van der Waals surface area (Å²) in [5.41, 5.74) is 0. The van der Waals surface area contributed by atoms with E-state index in [-0.39, 0.29) is 5.91 Å². The number of carbonyl (C=O) groups excluding carboxylic acids is 1. The Morgan fingerprint density at radius 1 is 1.11 bits per heavy atom. The minimum absolute atomic E-state index is 0.207. The minimum atomic E-state index is 0.207. The highest BCUT2D eigenvalue weighted by Crippen LogP contribution is 2.09. The van der Waals surface area contributed by atoms with E-state index in [1.165, 1.54) is 32.1 Å². The molecule has 0 aromatic rings. The Hall–Kier alpha value is -0.240. The van der Waals surface area contributed by atoms with Crippen molar-refractivity contribution in [2.24, 2.45) is 5.92 Å². The fourth-order valence-corrected chi connectivity index (χ4v) is 2.33. The van der Waals surface area contributed by atoms with Crippen LogP contribution in [0.25, 0.3) is 0 Å². The number of halogens is 1. The second-order valence-corrected chi connectivity index (χ2v) is 5.45. The Labute approximate surface area is 118 Å². The van der Waals surface area contributed by atoms with E-state index in [0.717, 1.165) is 25.8 Å². The van der Waals surface area contributed by atoms with E-state index in [4.69, 9.17) is 11.6 Å². The van der Waals surface area contributed by atoms with Gasteiger partial charge in [0.2, 0.25) is 5.91 Å². The quantitative estimate of drug-likeness (QED) is 0.412. The van der Waals surface area contributed by atoms with Crippen molar-refractivity contribution in [3.63, 3.8) is 0 Å². The lowest BCUT2D eigenvalue weighted by atomic mass is 10.0. The molecule has 108 valence electrons. The molecular formula is C15H30ClNO. The molecule has 1 unspecified atom stereocenters. The van der Waals surface area contributed by atoms with E-state index in [2.05, 4.69) is 19.2 Å². The molecule has 18 heavy (non-hydrogen) atoms. The lowest BCUT2D eigenvalue weighted by Crippen LogP contribution is -2.29. The number of hydrogen-bond acceptors (Lipinski definition) is 1. The van der Waals surface area contributed by atoms with Gasteiger partial charge in [-0.25, -0.2) is 0 Å². The Balaban J connectivity index is 3.41. The predicted molar refractivity (Wildman–Crippen MR) is 80.1 cm³/mol. The lowest BCUT2D eigenvalue weighted by molar-refractivity contribution is -0.121. The van der Waals surface area contributed by atoms with Crippen LogP contribution in [0.5, 0.6) is 0 Å². The van der Waals surface area contributed by atoms with Crippen LogP contribution in [0.1, 0.15) is 71.6 Å². The minimum Gasteiger partial charge on any atom is -0.356 e. The summed E-state index contributed by atoms with van der Waals surface area (Å²) in [6.45, 7) is 5.16. The molecular weight excluding hydrogens is 246 g/mol. The third-order valence-corrected chi connectivity index (χ3v) is 3.66. The smallest absolute Gasteiger partial charge is 0.220 e. The van der Waals surface area contributed by atoms with Gasteiger partial charge in [-0.3, -0.25) is 4.79 Å². The van der Waals surface area contributed by atoms with Crippen molar-refractivity contribution < 1.29 is 4.79 Å². The number of hydrogen-bond donors (Lipinski definition) is 1. The monoisotopic (exact) mass is 275 g/mol. The average Bonchev–Trinajstić information content (AvgIpc) is 2.38. The number of unbranched alkanes of at least 4 members (excludes halogenated alkanes) is 5. The van der Waals surface area contributed by atoms with Gasteiger partial charge >= 0.3 is 0 Å². The first-order valence-corrected chi connectivity index (χ1v) is 8.10. The molecule has 0 fully saturated rings. The zero-order valence-corrected chi connectivity index (χ0v) is 12.9. The van der Waals surface area contributed by atoms with Gasteiger partial charge in [0.15, 0.2) is 0 Å². The summed E-state index contributed by atoms with van der Waals surface area (Å²) in [6, 6.07) is 0. The molecule has 0 radical (unpaired) electrons. The number of alkyl halides is 1. The maximum atomic E-state index is 11.6. The summed E-state index contributed by atoms with van der Waals surface area (Å²) in [4.78, 5) is 11.6. The normalized spacial score (nSPS) is 12.4. The van der Waals surface area contributed by atoms with E-state index in [1.807, 2.05) is 0 Å². The molecule has 1 N–H and O–H groups in total. The van der Waals surface area contributed by atoms with Crippen molar-refractivity contribution >= 4 is 17.5 Å². The van der Waals surface area contributed by atoms with Crippen LogP contribution in [0.4, 0.5) is 0 Å². The summed E-state index contributed by atoms with van der Waals surface area (Å²) in [7, 11) is 0. The van der Waals surface area contributed by atoms with Crippen LogP contribution in [0.2, 0.25) is 0 Å². The van der Waals surface area contributed by atoms with Crippen molar-refractivity contribution in [1.29, 1.82) is 0 Å². The van der Waals surface area contributed by atoms with Crippen molar-refractivity contribution in [1.82, 2.24) is 5.32 Å². The molecule has 1 atom stereocenters. The van der Waals surface area contributed by atoms with E-state index >= 15 is 0 Å². The van der Waals surface area contributed by atoms with E-state index in [1.54, 1.807) is 0 Å². The topological polar surface area (TPSA) is 29.1 Å². The fourth-order valence-electron chi connectivity index (χ4n) is 2.02. The summed E-state index contributed by atoms with van der Waals surface area (Å²) in [5, 5.41) is 3.02. The summed E-state index contributed by atoms with van der Waals surface area (Å²) in [5.74, 6) is 1.43. The van der Waals surface area contributed by atoms with Gasteiger partial charge in [-0.2, -0.15) is 0 Å². The second-order valence-electron chi connectivity index (χ2n) is 5.07. The van der Waals surface area contributed by atoms with Gasteiger partial charge in [0.05, 0.1) is 0 Å². The number of nitrogens with one attached hydrogen (secondary N) is 1. The van der Waals surface area contributed by atoms with Gasteiger partial charge < -0.3 is 5.32 Å². The summed E-state index contributed by atoms with van der Waals surface area (Å²) < 4.78 is 0. The van der Waals surface area contributed by atoms with Crippen LogP contribution >= 0.6 is 11.6 Å². The highest BCUT2D eigenvalue weighted by Gasteiger charge is 2.07. The summed E-state index contributed by atoms with van der Waals surface area (Å²) in [6.07, 6.45) is 10.2. The number of carbonyl (C=O) groups is 1. The highest BCUT2D eigenvalue weighted by molar-refractivity contribution is 6.17. The molecule has 0 saturated heterocycles. The van der Waals surface area contributed by atoms with Crippen LogP contribution < -0.4 is 5.32 Å². The second kappa shape index (κ2) is 13.2. The molecule has 0 saturated carbocycles. The zero-order chi connectivity index (χ0) is 13.6. The van der Waals surface area contributed by atoms with Crippen molar-refractivity contribution in [2.45, 2.75) is 71.6 Å². The molecule has 3 heteroatoms. The highest BCUT2D eigenvalue weighted by atomic mass is 35.5. The Kier molecular flexibility index (Phi) is 13.0. The Bertz CT molecular complexity index is 197. The van der Waals surface area contributed by atoms with Crippen molar-refractivity contribution in [2.75, 3.05) is 12.4 Å². The van der Waals surface area contributed by atoms with Crippen LogP contribution in [-0.2, 0) is 4.79 Å². The van der Waals surface area contributed by atoms with Crippen LogP contribution in [0.3, 0.4) is 0 Å². The lowest BCUT2D eigenvalue weighted by Gasteiger charge is -2.14. The molecule has 0 heterocycles. The van der Waals surface area contributed by atoms with Crippen molar-refractivity contribution in [3.8, 4) is 0 Å². The number of rotatable bonds is 12. The third kappa shape index (κ3) is 10.9. The molecule has 0 aromatic carbocycles. The SMILES string of the molecule is CCCCCCCCC(=O)NCC(CC)CCCl. The fraction of sp³-hybridized carbons (Fsp3) is 0.933. The molecule has 0 bridgehead atoms. The molecule has 0 rings (SSSR count). The van der Waals surface area contributed by atoms with Gasteiger partial charge in [0, 0.05) is 18.8 Å².